The fraction of sp³-hybridized carbons (Fsp3) is 0.444. The van der Waals surface area contributed by atoms with Gasteiger partial charge in [-0.25, -0.2) is 23.2 Å². The van der Waals surface area contributed by atoms with Crippen LogP contribution in [0.3, 0.4) is 0 Å². The topological polar surface area (TPSA) is 123 Å². The fourth-order valence-corrected chi connectivity index (χ4v) is 1.74. The first-order chi connectivity index (χ1) is 7.64. The Labute approximate surface area is 98.6 Å². The molecule has 1 heterocycles. The standard InChI is InChI=1S/C9H13N3O4S/c1-4-6(9(13)14)7(10)12-8(11-4)5(2)17(3,15)16/h5H,1-3H3,(H,13,14)(H2,10,11,12). The van der Waals surface area contributed by atoms with Gasteiger partial charge in [-0.2, -0.15) is 0 Å². The van der Waals surface area contributed by atoms with Crippen molar-refractivity contribution in [2.75, 3.05) is 12.0 Å². The number of hydrogen-bond acceptors (Lipinski definition) is 6. The maximum absolute atomic E-state index is 11.3. The molecule has 0 saturated heterocycles. The Hall–Kier alpha value is -1.70. The molecule has 0 aliphatic rings. The number of hydrogen-bond donors (Lipinski definition) is 2. The van der Waals surface area contributed by atoms with E-state index in [1.165, 1.54) is 13.8 Å². The highest BCUT2D eigenvalue weighted by Crippen LogP contribution is 2.21. The molecular weight excluding hydrogens is 246 g/mol. The first kappa shape index (κ1) is 13.4. The number of rotatable bonds is 3. The number of anilines is 1. The van der Waals surface area contributed by atoms with Gasteiger partial charge in [-0.3, -0.25) is 0 Å². The summed E-state index contributed by atoms with van der Waals surface area (Å²) in [4.78, 5) is 18.4. The molecule has 0 fully saturated rings. The quantitative estimate of drug-likeness (QED) is 0.792. The van der Waals surface area contributed by atoms with Crippen molar-refractivity contribution in [1.82, 2.24) is 9.97 Å². The van der Waals surface area contributed by atoms with Crippen LogP contribution in [0.1, 0.15) is 34.0 Å². The molecule has 1 rings (SSSR count). The van der Waals surface area contributed by atoms with Crippen LogP contribution in [0.25, 0.3) is 0 Å². The number of nitrogen functional groups attached to an aromatic ring is 1. The molecule has 0 amide bonds. The van der Waals surface area contributed by atoms with E-state index in [4.69, 9.17) is 10.8 Å². The summed E-state index contributed by atoms with van der Waals surface area (Å²) in [7, 11) is -3.35. The third-order valence-corrected chi connectivity index (χ3v) is 3.85. The number of aromatic nitrogens is 2. The minimum atomic E-state index is -3.35. The zero-order valence-electron chi connectivity index (χ0n) is 9.63. The summed E-state index contributed by atoms with van der Waals surface area (Å²) in [6.45, 7) is 2.87. The molecule has 0 aromatic carbocycles. The predicted octanol–water partition coefficient (Wildman–Crippen LogP) is 0.171. The molecule has 17 heavy (non-hydrogen) atoms. The summed E-state index contributed by atoms with van der Waals surface area (Å²) in [5.41, 5.74) is 5.43. The van der Waals surface area contributed by atoms with Gasteiger partial charge in [0, 0.05) is 6.26 Å². The molecule has 1 unspecified atom stereocenters. The van der Waals surface area contributed by atoms with Crippen molar-refractivity contribution in [3.05, 3.63) is 17.1 Å². The number of carboxylic acids is 1. The molecule has 1 aromatic heterocycles. The van der Waals surface area contributed by atoms with Gasteiger partial charge in [0.15, 0.2) is 9.84 Å². The van der Waals surface area contributed by atoms with E-state index in [1.807, 2.05) is 0 Å². The van der Waals surface area contributed by atoms with Crippen molar-refractivity contribution < 1.29 is 18.3 Å². The van der Waals surface area contributed by atoms with Crippen molar-refractivity contribution in [3.63, 3.8) is 0 Å². The minimum Gasteiger partial charge on any atom is -0.477 e. The van der Waals surface area contributed by atoms with Gasteiger partial charge in [-0.1, -0.05) is 0 Å². The molecule has 0 aliphatic carbocycles. The van der Waals surface area contributed by atoms with Crippen LogP contribution >= 0.6 is 0 Å². The van der Waals surface area contributed by atoms with E-state index in [0.29, 0.717) is 0 Å². The summed E-state index contributed by atoms with van der Waals surface area (Å²) < 4.78 is 22.7. The number of nitrogens with two attached hydrogens (primary N) is 1. The second kappa shape index (κ2) is 4.28. The SMILES string of the molecule is Cc1nc(C(C)S(C)(=O)=O)nc(N)c1C(=O)O. The van der Waals surface area contributed by atoms with Crippen molar-refractivity contribution in [2.45, 2.75) is 19.1 Å². The fourth-order valence-electron chi connectivity index (χ4n) is 1.25. The molecular formula is C9H13N3O4S. The van der Waals surface area contributed by atoms with Crippen LogP contribution in [-0.2, 0) is 9.84 Å². The Bertz CT molecular complexity index is 545. The molecule has 0 spiro atoms. The van der Waals surface area contributed by atoms with E-state index >= 15 is 0 Å². The average molecular weight is 259 g/mol. The lowest BCUT2D eigenvalue weighted by atomic mass is 10.2. The van der Waals surface area contributed by atoms with Gasteiger partial charge in [0.2, 0.25) is 0 Å². The average Bonchev–Trinajstić information content (AvgIpc) is 2.13. The van der Waals surface area contributed by atoms with Gasteiger partial charge in [0.1, 0.15) is 22.5 Å². The Kier molecular flexibility index (Phi) is 3.37. The molecule has 0 aliphatic heterocycles. The van der Waals surface area contributed by atoms with Gasteiger partial charge < -0.3 is 10.8 Å². The largest absolute Gasteiger partial charge is 0.477 e. The number of nitrogens with zero attached hydrogens (tertiary/aromatic N) is 2. The van der Waals surface area contributed by atoms with Crippen LogP contribution < -0.4 is 5.73 Å². The Morgan fingerprint density at radius 1 is 1.41 bits per heavy atom. The molecule has 7 nitrogen and oxygen atoms in total. The second-order valence-electron chi connectivity index (χ2n) is 3.70. The van der Waals surface area contributed by atoms with Gasteiger partial charge >= 0.3 is 5.97 Å². The van der Waals surface area contributed by atoms with Crippen LogP contribution in [0.15, 0.2) is 0 Å². The summed E-state index contributed by atoms with van der Waals surface area (Å²) in [6, 6.07) is 0. The number of carbonyl (C=O) groups is 1. The highest BCUT2D eigenvalue weighted by molar-refractivity contribution is 7.90. The third-order valence-electron chi connectivity index (χ3n) is 2.35. The molecule has 0 saturated carbocycles. The van der Waals surface area contributed by atoms with Crippen molar-refractivity contribution in [3.8, 4) is 0 Å². The zero-order chi connectivity index (χ0) is 13.4. The summed E-state index contributed by atoms with van der Waals surface area (Å²) in [6.07, 6.45) is 1.05. The first-order valence-electron chi connectivity index (χ1n) is 4.70. The molecule has 1 aromatic rings. The molecule has 3 N–H and O–H groups in total. The second-order valence-corrected chi connectivity index (χ2v) is 6.07. The summed E-state index contributed by atoms with van der Waals surface area (Å²) >= 11 is 0. The first-order valence-corrected chi connectivity index (χ1v) is 6.66. The van der Waals surface area contributed by atoms with E-state index in [1.54, 1.807) is 0 Å². The van der Waals surface area contributed by atoms with E-state index in [9.17, 15) is 13.2 Å². The maximum atomic E-state index is 11.3. The van der Waals surface area contributed by atoms with Crippen LogP contribution in [0.2, 0.25) is 0 Å². The molecule has 1 atom stereocenters. The number of aromatic carboxylic acids is 1. The Morgan fingerprint density at radius 2 is 1.94 bits per heavy atom. The summed E-state index contributed by atoms with van der Waals surface area (Å²) in [5.74, 6) is -1.46. The van der Waals surface area contributed by atoms with E-state index in [0.717, 1.165) is 6.26 Å². The van der Waals surface area contributed by atoms with E-state index in [2.05, 4.69) is 9.97 Å². The monoisotopic (exact) mass is 259 g/mol. The predicted molar refractivity (Wildman–Crippen MR) is 61.4 cm³/mol. The Balaban J connectivity index is 3.38. The highest BCUT2D eigenvalue weighted by atomic mass is 32.2. The van der Waals surface area contributed by atoms with Crippen molar-refractivity contribution in [2.24, 2.45) is 0 Å². The van der Waals surface area contributed by atoms with Crippen molar-refractivity contribution in [1.29, 1.82) is 0 Å². The number of sulfone groups is 1. The van der Waals surface area contributed by atoms with Crippen LogP contribution in [-0.4, -0.2) is 35.7 Å². The normalized spacial score (nSPS) is 13.4. The number of carboxylic acid groups (broad SMARTS) is 1. The molecule has 94 valence electrons. The van der Waals surface area contributed by atoms with Crippen molar-refractivity contribution >= 4 is 21.6 Å². The lowest BCUT2D eigenvalue weighted by Gasteiger charge is -2.11. The highest BCUT2D eigenvalue weighted by Gasteiger charge is 2.23. The zero-order valence-corrected chi connectivity index (χ0v) is 10.4. The lowest BCUT2D eigenvalue weighted by Crippen LogP contribution is -2.16. The van der Waals surface area contributed by atoms with Crippen LogP contribution in [0, 0.1) is 6.92 Å². The van der Waals surface area contributed by atoms with Gasteiger partial charge in [0.25, 0.3) is 0 Å². The van der Waals surface area contributed by atoms with Gasteiger partial charge in [-0.15, -0.1) is 0 Å². The van der Waals surface area contributed by atoms with E-state index in [-0.39, 0.29) is 22.9 Å². The third kappa shape index (κ3) is 2.70. The summed E-state index contributed by atoms with van der Waals surface area (Å²) in [5, 5.41) is 7.93. The minimum absolute atomic E-state index is 0.00694. The molecule has 0 bridgehead atoms. The maximum Gasteiger partial charge on any atom is 0.341 e. The molecule has 8 heteroatoms. The number of aryl methyl sites for hydroxylation is 1. The van der Waals surface area contributed by atoms with Crippen LogP contribution in [0.5, 0.6) is 0 Å². The Morgan fingerprint density at radius 3 is 2.29 bits per heavy atom. The van der Waals surface area contributed by atoms with Gasteiger partial charge in [-0.05, 0) is 13.8 Å². The lowest BCUT2D eigenvalue weighted by molar-refractivity contribution is 0.0696. The molecule has 0 radical (unpaired) electrons. The van der Waals surface area contributed by atoms with Crippen LogP contribution in [0.4, 0.5) is 5.82 Å². The van der Waals surface area contributed by atoms with E-state index < -0.39 is 21.1 Å². The smallest absolute Gasteiger partial charge is 0.341 e. The van der Waals surface area contributed by atoms with Gasteiger partial charge in [0.05, 0.1) is 5.69 Å².